The molecule has 2 atom stereocenters. The van der Waals surface area contributed by atoms with Gasteiger partial charge < -0.3 is 15.6 Å². The van der Waals surface area contributed by atoms with Crippen molar-refractivity contribution >= 4 is 0 Å². The molecular weight excluding hydrogens is 190 g/mol. The summed E-state index contributed by atoms with van der Waals surface area (Å²) >= 11 is 0. The molecule has 1 aliphatic rings. The molecule has 3 N–H and O–H groups in total. The molecule has 2 unspecified atom stereocenters. The van der Waals surface area contributed by atoms with E-state index in [0.717, 1.165) is 30.8 Å². The molecule has 2 rings (SSSR count). The Morgan fingerprint density at radius 3 is 2.80 bits per heavy atom. The van der Waals surface area contributed by atoms with Gasteiger partial charge in [0.1, 0.15) is 5.76 Å². The average Bonchev–Trinajstić information content (AvgIpc) is 2.73. The molecule has 15 heavy (non-hydrogen) atoms. The van der Waals surface area contributed by atoms with E-state index in [1.807, 2.05) is 13.8 Å². The molecule has 0 aliphatic heterocycles. The number of nitrogens with two attached hydrogens (primary N) is 1. The first-order valence-corrected chi connectivity index (χ1v) is 5.57. The average molecular weight is 209 g/mol. The van der Waals surface area contributed by atoms with Crippen molar-refractivity contribution in [2.45, 2.75) is 51.7 Å². The SMILES string of the molecule is Cc1noc(C)c1CNC1CCC(N)C1. The minimum absolute atomic E-state index is 0.382. The second kappa shape index (κ2) is 4.33. The van der Waals surface area contributed by atoms with Crippen molar-refractivity contribution in [3.8, 4) is 0 Å². The van der Waals surface area contributed by atoms with Crippen LogP contribution < -0.4 is 11.1 Å². The van der Waals surface area contributed by atoms with E-state index in [0.29, 0.717) is 12.1 Å². The largest absolute Gasteiger partial charge is 0.361 e. The highest BCUT2D eigenvalue weighted by atomic mass is 16.5. The summed E-state index contributed by atoms with van der Waals surface area (Å²) in [5.41, 5.74) is 8.04. The molecule has 84 valence electrons. The fraction of sp³-hybridized carbons (Fsp3) is 0.727. The van der Waals surface area contributed by atoms with E-state index in [4.69, 9.17) is 10.3 Å². The summed E-state index contributed by atoms with van der Waals surface area (Å²) in [4.78, 5) is 0. The van der Waals surface area contributed by atoms with Crippen LogP contribution in [-0.4, -0.2) is 17.2 Å². The smallest absolute Gasteiger partial charge is 0.138 e. The van der Waals surface area contributed by atoms with Gasteiger partial charge in [-0.2, -0.15) is 0 Å². The van der Waals surface area contributed by atoms with Crippen LogP contribution in [0.1, 0.15) is 36.3 Å². The van der Waals surface area contributed by atoms with Crippen molar-refractivity contribution in [3.05, 3.63) is 17.0 Å². The van der Waals surface area contributed by atoms with Gasteiger partial charge in [0.25, 0.3) is 0 Å². The predicted octanol–water partition coefficient (Wildman–Crippen LogP) is 1.26. The van der Waals surface area contributed by atoms with Crippen LogP contribution in [0.15, 0.2) is 4.52 Å². The van der Waals surface area contributed by atoms with Crippen molar-refractivity contribution < 1.29 is 4.52 Å². The lowest BCUT2D eigenvalue weighted by Crippen LogP contribution is -2.28. The third-order valence-corrected chi connectivity index (χ3v) is 3.22. The van der Waals surface area contributed by atoms with Gasteiger partial charge in [0.05, 0.1) is 5.69 Å². The van der Waals surface area contributed by atoms with Gasteiger partial charge in [-0.05, 0) is 33.1 Å². The maximum absolute atomic E-state index is 5.86. The Labute approximate surface area is 90.2 Å². The molecule has 0 spiro atoms. The summed E-state index contributed by atoms with van der Waals surface area (Å²) in [7, 11) is 0. The molecular formula is C11H19N3O. The fourth-order valence-corrected chi connectivity index (χ4v) is 2.20. The van der Waals surface area contributed by atoms with Gasteiger partial charge in [0.15, 0.2) is 0 Å². The van der Waals surface area contributed by atoms with Crippen LogP contribution in [0, 0.1) is 13.8 Å². The Morgan fingerprint density at radius 1 is 1.47 bits per heavy atom. The van der Waals surface area contributed by atoms with E-state index in [1.165, 1.54) is 12.0 Å². The summed E-state index contributed by atoms with van der Waals surface area (Å²) in [6.45, 7) is 4.78. The first kappa shape index (κ1) is 10.6. The van der Waals surface area contributed by atoms with E-state index in [-0.39, 0.29) is 0 Å². The summed E-state index contributed by atoms with van der Waals surface area (Å²) in [6.07, 6.45) is 3.41. The number of aryl methyl sites for hydroxylation is 2. The molecule has 0 aromatic carbocycles. The number of aromatic nitrogens is 1. The van der Waals surface area contributed by atoms with Crippen molar-refractivity contribution in [1.29, 1.82) is 0 Å². The molecule has 1 aromatic rings. The minimum atomic E-state index is 0.382. The number of hydrogen-bond donors (Lipinski definition) is 2. The summed E-state index contributed by atoms with van der Waals surface area (Å²) in [5.74, 6) is 0.919. The molecule has 4 nitrogen and oxygen atoms in total. The molecule has 4 heteroatoms. The molecule has 1 fully saturated rings. The van der Waals surface area contributed by atoms with Gasteiger partial charge in [-0.15, -0.1) is 0 Å². The Balaban J connectivity index is 1.88. The van der Waals surface area contributed by atoms with E-state index in [1.54, 1.807) is 0 Å². The third kappa shape index (κ3) is 2.38. The first-order valence-electron chi connectivity index (χ1n) is 5.57. The van der Waals surface area contributed by atoms with E-state index in [9.17, 15) is 0 Å². The lowest BCUT2D eigenvalue weighted by molar-refractivity contribution is 0.391. The van der Waals surface area contributed by atoms with Crippen molar-refractivity contribution in [1.82, 2.24) is 10.5 Å². The zero-order chi connectivity index (χ0) is 10.8. The van der Waals surface area contributed by atoms with Gasteiger partial charge in [-0.25, -0.2) is 0 Å². The Kier molecular flexibility index (Phi) is 3.07. The van der Waals surface area contributed by atoms with Crippen LogP contribution >= 0.6 is 0 Å². The Bertz CT molecular complexity index is 315. The second-order valence-corrected chi connectivity index (χ2v) is 4.45. The molecule has 0 bridgehead atoms. The maximum atomic E-state index is 5.86. The molecule has 1 saturated carbocycles. The van der Waals surface area contributed by atoms with Crippen molar-refractivity contribution in [3.63, 3.8) is 0 Å². The Hall–Kier alpha value is -0.870. The highest BCUT2D eigenvalue weighted by Gasteiger charge is 2.21. The lowest BCUT2D eigenvalue weighted by Gasteiger charge is -2.11. The monoisotopic (exact) mass is 209 g/mol. The summed E-state index contributed by atoms with van der Waals surface area (Å²) < 4.78 is 5.12. The van der Waals surface area contributed by atoms with Crippen molar-refractivity contribution in [2.24, 2.45) is 5.73 Å². The normalized spacial score (nSPS) is 26.1. The zero-order valence-corrected chi connectivity index (χ0v) is 9.42. The van der Waals surface area contributed by atoms with Gasteiger partial charge in [-0.1, -0.05) is 5.16 Å². The highest BCUT2D eigenvalue weighted by molar-refractivity contribution is 5.20. The molecule has 1 aromatic heterocycles. The van der Waals surface area contributed by atoms with E-state index in [2.05, 4.69) is 10.5 Å². The van der Waals surface area contributed by atoms with E-state index < -0.39 is 0 Å². The lowest BCUT2D eigenvalue weighted by atomic mass is 10.2. The van der Waals surface area contributed by atoms with E-state index >= 15 is 0 Å². The molecule has 0 saturated heterocycles. The van der Waals surface area contributed by atoms with Crippen LogP contribution in [0.3, 0.4) is 0 Å². The number of hydrogen-bond acceptors (Lipinski definition) is 4. The van der Waals surface area contributed by atoms with Crippen LogP contribution in [0.25, 0.3) is 0 Å². The predicted molar refractivity (Wildman–Crippen MR) is 58.4 cm³/mol. The van der Waals surface area contributed by atoms with Crippen LogP contribution in [-0.2, 0) is 6.54 Å². The van der Waals surface area contributed by atoms with Gasteiger partial charge in [0.2, 0.25) is 0 Å². The van der Waals surface area contributed by atoms with Crippen molar-refractivity contribution in [2.75, 3.05) is 0 Å². The topological polar surface area (TPSA) is 64.1 Å². The molecule has 1 aliphatic carbocycles. The fourth-order valence-electron chi connectivity index (χ4n) is 2.20. The van der Waals surface area contributed by atoms with Gasteiger partial charge >= 0.3 is 0 Å². The first-order chi connectivity index (χ1) is 7.16. The quantitative estimate of drug-likeness (QED) is 0.786. The number of rotatable bonds is 3. The van der Waals surface area contributed by atoms with Crippen LogP contribution in [0.4, 0.5) is 0 Å². The molecule has 0 amide bonds. The zero-order valence-electron chi connectivity index (χ0n) is 9.42. The standard InChI is InChI=1S/C11H19N3O/c1-7-11(8(2)15-14-7)6-13-10-4-3-9(12)5-10/h9-10,13H,3-6,12H2,1-2H3. The van der Waals surface area contributed by atoms with Crippen LogP contribution in [0.5, 0.6) is 0 Å². The third-order valence-electron chi connectivity index (χ3n) is 3.22. The second-order valence-electron chi connectivity index (χ2n) is 4.45. The molecule has 0 radical (unpaired) electrons. The van der Waals surface area contributed by atoms with Gasteiger partial charge in [-0.3, -0.25) is 0 Å². The number of nitrogens with zero attached hydrogens (tertiary/aromatic N) is 1. The highest BCUT2D eigenvalue weighted by Crippen LogP contribution is 2.18. The van der Waals surface area contributed by atoms with Gasteiger partial charge in [0, 0.05) is 24.2 Å². The number of nitrogens with one attached hydrogen (secondary N) is 1. The Morgan fingerprint density at radius 2 is 2.27 bits per heavy atom. The summed E-state index contributed by atoms with van der Waals surface area (Å²) in [6, 6.07) is 0.945. The van der Waals surface area contributed by atoms with Crippen LogP contribution in [0.2, 0.25) is 0 Å². The maximum Gasteiger partial charge on any atom is 0.138 e. The minimum Gasteiger partial charge on any atom is -0.361 e. The molecule has 1 heterocycles. The summed E-state index contributed by atoms with van der Waals surface area (Å²) in [5, 5.41) is 7.45.